The van der Waals surface area contributed by atoms with Crippen molar-refractivity contribution in [2.75, 3.05) is 0 Å². The molecule has 0 N–H and O–H groups in total. The molecule has 2 heterocycles. The van der Waals surface area contributed by atoms with Gasteiger partial charge in [0, 0.05) is 5.92 Å². The van der Waals surface area contributed by atoms with Gasteiger partial charge in [0.2, 0.25) is 11.7 Å². The van der Waals surface area contributed by atoms with Crippen molar-refractivity contribution in [3.63, 3.8) is 0 Å². The van der Waals surface area contributed by atoms with E-state index in [4.69, 9.17) is 11.6 Å². The lowest BCUT2D eigenvalue weighted by atomic mass is 10.4. The molecular weight excluding hydrogens is 218 g/mol. The van der Waals surface area contributed by atoms with Crippen LogP contribution in [-0.2, 0) is 6.54 Å². The van der Waals surface area contributed by atoms with Gasteiger partial charge < -0.3 is 4.52 Å². The zero-order chi connectivity index (χ0) is 10.3. The van der Waals surface area contributed by atoms with Gasteiger partial charge in [-0.1, -0.05) is 5.16 Å². The summed E-state index contributed by atoms with van der Waals surface area (Å²) in [6.45, 7) is 0.466. The van der Waals surface area contributed by atoms with Gasteiger partial charge in [0.1, 0.15) is 5.82 Å². The van der Waals surface area contributed by atoms with Crippen LogP contribution in [0.5, 0.6) is 0 Å². The molecule has 78 valence electrons. The molecule has 0 atom stereocenters. The van der Waals surface area contributed by atoms with Gasteiger partial charge in [0.15, 0.2) is 5.82 Å². The molecule has 0 amide bonds. The highest BCUT2D eigenvalue weighted by atomic mass is 35.5. The van der Waals surface area contributed by atoms with E-state index in [1.165, 1.54) is 6.39 Å². The first-order valence-electron chi connectivity index (χ1n) is 4.68. The fraction of sp³-hybridized carbons (Fsp3) is 0.500. The lowest BCUT2D eigenvalue weighted by Crippen LogP contribution is -2.05. The van der Waals surface area contributed by atoms with Crippen molar-refractivity contribution in [1.82, 2.24) is 24.9 Å². The Morgan fingerprint density at radius 1 is 1.47 bits per heavy atom. The van der Waals surface area contributed by atoms with E-state index in [0.717, 1.165) is 18.7 Å². The molecule has 15 heavy (non-hydrogen) atoms. The first kappa shape index (κ1) is 8.84. The molecule has 0 spiro atoms. The zero-order valence-corrected chi connectivity index (χ0v) is 8.55. The Morgan fingerprint density at radius 2 is 2.33 bits per heavy atom. The Bertz CT molecular complexity index is 461. The van der Waals surface area contributed by atoms with E-state index in [9.17, 15) is 0 Å². The van der Waals surface area contributed by atoms with Crippen LogP contribution in [0, 0.1) is 0 Å². The third-order valence-corrected chi connectivity index (χ3v) is 2.66. The van der Waals surface area contributed by atoms with Gasteiger partial charge in [0.25, 0.3) is 0 Å². The maximum atomic E-state index is 5.94. The molecule has 0 bridgehead atoms. The van der Waals surface area contributed by atoms with Crippen molar-refractivity contribution in [3.8, 4) is 0 Å². The minimum Gasteiger partial charge on any atom is -0.343 e. The van der Waals surface area contributed by atoms with E-state index in [1.807, 2.05) is 4.57 Å². The van der Waals surface area contributed by atoms with Gasteiger partial charge in [-0.2, -0.15) is 4.98 Å². The van der Waals surface area contributed by atoms with Gasteiger partial charge in [-0.3, -0.25) is 4.57 Å². The standard InChI is InChI=1S/C8H8ClN5O/c9-8-12-11-7(5-1-2-5)14(8)3-6-10-4-15-13-6/h4-5H,1-3H2. The molecule has 2 aromatic heterocycles. The van der Waals surface area contributed by atoms with Crippen LogP contribution in [0.1, 0.15) is 30.4 Å². The van der Waals surface area contributed by atoms with Gasteiger partial charge in [-0.25, -0.2) is 0 Å². The normalized spacial score (nSPS) is 15.8. The van der Waals surface area contributed by atoms with E-state index in [-0.39, 0.29) is 0 Å². The molecule has 3 rings (SSSR count). The Labute approximate surface area is 90.3 Å². The highest BCUT2D eigenvalue weighted by Crippen LogP contribution is 2.39. The summed E-state index contributed by atoms with van der Waals surface area (Å²) in [6, 6.07) is 0. The molecule has 7 heteroatoms. The van der Waals surface area contributed by atoms with Crippen LogP contribution in [0.2, 0.25) is 5.28 Å². The molecule has 1 fully saturated rings. The Morgan fingerprint density at radius 3 is 3.00 bits per heavy atom. The summed E-state index contributed by atoms with van der Waals surface area (Å²) in [5.74, 6) is 2.00. The largest absolute Gasteiger partial charge is 0.343 e. The fourth-order valence-electron chi connectivity index (χ4n) is 1.49. The first-order valence-corrected chi connectivity index (χ1v) is 5.06. The minimum atomic E-state index is 0.377. The predicted molar refractivity (Wildman–Crippen MR) is 50.4 cm³/mol. The van der Waals surface area contributed by atoms with Crippen LogP contribution in [0.4, 0.5) is 0 Å². The lowest BCUT2D eigenvalue weighted by Gasteiger charge is -2.02. The average molecular weight is 226 g/mol. The maximum absolute atomic E-state index is 5.94. The molecule has 1 aliphatic rings. The van der Waals surface area contributed by atoms with Gasteiger partial charge in [-0.05, 0) is 24.4 Å². The van der Waals surface area contributed by atoms with Crippen molar-refractivity contribution in [1.29, 1.82) is 0 Å². The second-order valence-corrected chi connectivity index (χ2v) is 3.87. The van der Waals surface area contributed by atoms with Crippen molar-refractivity contribution >= 4 is 11.6 Å². The topological polar surface area (TPSA) is 69.6 Å². The fourth-order valence-corrected chi connectivity index (χ4v) is 1.67. The highest BCUT2D eigenvalue weighted by molar-refractivity contribution is 6.28. The van der Waals surface area contributed by atoms with Crippen molar-refractivity contribution in [3.05, 3.63) is 23.3 Å². The third-order valence-electron chi connectivity index (χ3n) is 2.38. The van der Waals surface area contributed by atoms with E-state index in [2.05, 4.69) is 24.9 Å². The lowest BCUT2D eigenvalue weighted by molar-refractivity contribution is 0.408. The Kier molecular flexibility index (Phi) is 1.95. The van der Waals surface area contributed by atoms with Crippen LogP contribution in [0.25, 0.3) is 0 Å². The number of nitrogens with zero attached hydrogens (tertiary/aromatic N) is 5. The van der Waals surface area contributed by atoms with E-state index >= 15 is 0 Å². The third kappa shape index (κ3) is 1.61. The SMILES string of the molecule is Clc1nnc(C2CC2)n1Cc1ncon1. The van der Waals surface area contributed by atoms with Gasteiger partial charge >= 0.3 is 0 Å². The predicted octanol–water partition coefficient (Wildman–Crippen LogP) is 1.24. The van der Waals surface area contributed by atoms with Crippen LogP contribution < -0.4 is 0 Å². The molecule has 0 unspecified atom stereocenters. The van der Waals surface area contributed by atoms with Crippen molar-refractivity contribution in [2.24, 2.45) is 0 Å². The molecule has 0 radical (unpaired) electrons. The average Bonchev–Trinajstić information content (AvgIpc) is 2.82. The summed E-state index contributed by atoms with van der Waals surface area (Å²) in [5, 5.41) is 12.0. The molecule has 6 nitrogen and oxygen atoms in total. The molecule has 0 saturated heterocycles. The molecule has 1 saturated carbocycles. The van der Waals surface area contributed by atoms with Crippen LogP contribution in [0.15, 0.2) is 10.9 Å². The number of aromatic nitrogens is 5. The first-order chi connectivity index (χ1) is 7.34. The number of rotatable bonds is 3. The second kappa shape index (κ2) is 3.30. The molecule has 1 aliphatic carbocycles. The van der Waals surface area contributed by atoms with Crippen LogP contribution in [-0.4, -0.2) is 24.9 Å². The van der Waals surface area contributed by atoms with Crippen LogP contribution >= 0.6 is 11.6 Å². The van der Waals surface area contributed by atoms with Crippen molar-refractivity contribution in [2.45, 2.75) is 25.3 Å². The summed E-state index contributed by atoms with van der Waals surface area (Å²) < 4.78 is 6.48. The second-order valence-electron chi connectivity index (χ2n) is 3.54. The molecule has 0 aliphatic heterocycles. The van der Waals surface area contributed by atoms with Crippen molar-refractivity contribution < 1.29 is 4.52 Å². The molecular formula is C8H8ClN5O. The summed E-state index contributed by atoms with van der Waals surface area (Å²) in [4.78, 5) is 3.94. The van der Waals surface area contributed by atoms with Gasteiger partial charge in [-0.15, -0.1) is 10.2 Å². The number of hydrogen-bond acceptors (Lipinski definition) is 5. The number of hydrogen-bond donors (Lipinski definition) is 0. The smallest absolute Gasteiger partial charge is 0.225 e. The quantitative estimate of drug-likeness (QED) is 0.786. The maximum Gasteiger partial charge on any atom is 0.225 e. The summed E-state index contributed by atoms with van der Waals surface area (Å²) in [6.07, 6.45) is 3.60. The van der Waals surface area contributed by atoms with E-state index < -0.39 is 0 Å². The monoisotopic (exact) mass is 225 g/mol. The van der Waals surface area contributed by atoms with Crippen LogP contribution in [0.3, 0.4) is 0 Å². The summed E-state index contributed by atoms with van der Waals surface area (Å²) in [7, 11) is 0. The molecule has 0 aromatic carbocycles. The minimum absolute atomic E-state index is 0.377. The Hall–Kier alpha value is -1.43. The summed E-state index contributed by atoms with van der Waals surface area (Å²) in [5.41, 5.74) is 0. The zero-order valence-electron chi connectivity index (χ0n) is 7.80. The highest BCUT2D eigenvalue weighted by Gasteiger charge is 2.30. The van der Waals surface area contributed by atoms with E-state index in [1.54, 1.807) is 0 Å². The molecule has 2 aromatic rings. The van der Waals surface area contributed by atoms with E-state index in [0.29, 0.717) is 23.6 Å². The Balaban J connectivity index is 1.92. The van der Waals surface area contributed by atoms with Gasteiger partial charge in [0.05, 0.1) is 6.54 Å². The summed E-state index contributed by atoms with van der Waals surface area (Å²) >= 11 is 5.94. The number of halogens is 1.